The van der Waals surface area contributed by atoms with E-state index in [4.69, 9.17) is 20.8 Å². The molecule has 25 heavy (non-hydrogen) atoms. The zero-order chi connectivity index (χ0) is 18.0. The van der Waals surface area contributed by atoms with Crippen LogP contribution in [-0.4, -0.2) is 31.5 Å². The molecule has 1 aromatic carbocycles. The number of benzene rings is 1. The third-order valence-corrected chi connectivity index (χ3v) is 4.73. The van der Waals surface area contributed by atoms with Gasteiger partial charge in [0.15, 0.2) is 6.79 Å². The number of esters is 1. The Kier molecular flexibility index (Phi) is 4.74. The average Bonchev–Trinajstić information content (AvgIpc) is 3.16. The number of carbonyl (C=O) groups excluding carboxylic acids is 1. The van der Waals surface area contributed by atoms with Crippen LogP contribution in [0, 0.1) is 13.5 Å². The van der Waals surface area contributed by atoms with Crippen LogP contribution in [0.15, 0.2) is 30.5 Å². The molecule has 3 rings (SSSR count). The maximum Gasteiger partial charge on any atom is 0.341 e. The number of carbonyl (C=O) groups is 1. The Bertz CT molecular complexity index is 981. The summed E-state index contributed by atoms with van der Waals surface area (Å²) in [6.07, 6.45) is 1.79. The van der Waals surface area contributed by atoms with Gasteiger partial charge in [0.2, 0.25) is 5.69 Å². The molecule has 0 aliphatic rings. The highest BCUT2D eigenvalue weighted by Gasteiger charge is 2.17. The van der Waals surface area contributed by atoms with Crippen LogP contribution in [0.5, 0.6) is 5.75 Å². The molecule has 2 heterocycles. The van der Waals surface area contributed by atoms with Gasteiger partial charge in [0.05, 0.1) is 18.5 Å². The van der Waals surface area contributed by atoms with E-state index in [1.165, 1.54) is 14.2 Å². The first-order valence-corrected chi connectivity index (χ1v) is 8.24. The number of thiophene rings is 1. The molecule has 128 valence electrons. The number of hydrogen-bond acceptors (Lipinski definition) is 5. The summed E-state index contributed by atoms with van der Waals surface area (Å²) in [7, 11) is 2.83. The summed E-state index contributed by atoms with van der Waals surface area (Å²) in [5.74, 6) is -0.116. The standard InChI is InChI=1S/C18H16N2O4S/c1-11-7-14-15(19-2)9-20(17(14)25-11)12-5-6-13(18(21)23-4)16(8-12)24-10-22-3/h5-9H,10H2,1,3-4H3. The maximum absolute atomic E-state index is 11.9. The molecule has 0 fully saturated rings. The molecule has 0 aliphatic carbocycles. The largest absolute Gasteiger partial charge is 0.467 e. The molecule has 0 amide bonds. The lowest BCUT2D eigenvalue weighted by Crippen LogP contribution is -2.08. The van der Waals surface area contributed by atoms with Crippen LogP contribution in [0.1, 0.15) is 15.2 Å². The highest BCUT2D eigenvalue weighted by atomic mass is 32.1. The molecule has 0 atom stereocenters. The van der Waals surface area contributed by atoms with Crippen molar-refractivity contribution in [3.05, 3.63) is 52.3 Å². The summed E-state index contributed by atoms with van der Waals surface area (Å²) >= 11 is 1.61. The molecule has 6 nitrogen and oxygen atoms in total. The monoisotopic (exact) mass is 356 g/mol. The van der Waals surface area contributed by atoms with Crippen LogP contribution in [-0.2, 0) is 9.47 Å². The number of methoxy groups -OCH3 is 2. The van der Waals surface area contributed by atoms with Crippen molar-refractivity contribution in [1.29, 1.82) is 0 Å². The van der Waals surface area contributed by atoms with Gasteiger partial charge < -0.3 is 18.8 Å². The minimum atomic E-state index is -0.482. The van der Waals surface area contributed by atoms with Crippen molar-refractivity contribution >= 4 is 33.2 Å². The number of nitrogens with zero attached hydrogens (tertiary/aromatic N) is 2. The summed E-state index contributed by atoms with van der Waals surface area (Å²) in [4.78, 5) is 17.6. The van der Waals surface area contributed by atoms with E-state index in [1.807, 2.05) is 17.6 Å². The SMILES string of the molecule is [C-]#[N+]c1cn(-c2ccc(C(=O)OC)c(OCOC)c2)c2sc(C)cc12. The van der Waals surface area contributed by atoms with Crippen molar-refractivity contribution < 1.29 is 19.0 Å². The fraction of sp³-hybridized carbons (Fsp3) is 0.222. The van der Waals surface area contributed by atoms with Gasteiger partial charge in [0, 0.05) is 35.3 Å². The molecule has 0 aliphatic heterocycles. The molecular formula is C18H16N2O4S. The van der Waals surface area contributed by atoms with Crippen LogP contribution in [0.2, 0.25) is 0 Å². The third-order valence-electron chi connectivity index (χ3n) is 3.68. The van der Waals surface area contributed by atoms with Gasteiger partial charge in [-0.1, -0.05) is 0 Å². The first kappa shape index (κ1) is 17.0. The third kappa shape index (κ3) is 3.09. The molecule has 0 unspecified atom stereocenters. The Labute approximate surface area is 149 Å². The summed E-state index contributed by atoms with van der Waals surface area (Å²) < 4.78 is 17.2. The van der Waals surface area contributed by atoms with Gasteiger partial charge in [-0.2, -0.15) is 0 Å². The minimum absolute atomic E-state index is 0.0138. The second kappa shape index (κ2) is 6.97. The van der Waals surface area contributed by atoms with Crippen LogP contribution in [0.25, 0.3) is 20.7 Å². The molecule has 2 aromatic heterocycles. The van der Waals surface area contributed by atoms with Crippen LogP contribution in [0.4, 0.5) is 5.69 Å². The van der Waals surface area contributed by atoms with Crippen molar-refractivity contribution in [2.75, 3.05) is 21.0 Å². The zero-order valence-electron chi connectivity index (χ0n) is 14.0. The predicted octanol–water partition coefficient (Wildman–Crippen LogP) is 4.32. The van der Waals surface area contributed by atoms with E-state index in [0.29, 0.717) is 17.0 Å². The molecule has 3 aromatic rings. The van der Waals surface area contributed by atoms with E-state index in [-0.39, 0.29) is 6.79 Å². The summed E-state index contributed by atoms with van der Waals surface area (Å²) in [6.45, 7) is 9.40. The molecule has 0 N–H and O–H groups in total. The fourth-order valence-electron chi connectivity index (χ4n) is 2.58. The normalized spacial score (nSPS) is 10.6. The molecule has 0 spiro atoms. The lowest BCUT2D eigenvalue weighted by Gasteiger charge is -2.12. The summed E-state index contributed by atoms with van der Waals surface area (Å²) in [5, 5.41) is 0.925. The maximum atomic E-state index is 11.9. The molecule has 0 bridgehead atoms. The lowest BCUT2D eigenvalue weighted by atomic mass is 10.2. The number of fused-ring (bicyclic) bond motifs is 1. The van der Waals surface area contributed by atoms with Crippen molar-refractivity contribution in [2.24, 2.45) is 0 Å². The Morgan fingerprint density at radius 1 is 1.32 bits per heavy atom. The Balaban J connectivity index is 2.14. The number of ether oxygens (including phenoxy) is 3. The topological polar surface area (TPSA) is 54.1 Å². The van der Waals surface area contributed by atoms with Gasteiger partial charge in [0.1, 0.15) is 11.3 Å². The minimum Gasteiger partial charge on any atom is -0.467 e. The van der Waals surface area contributed by atoms with E-state index in [0.717, 1.165) is 20.8 Å². The van der Waals surface area contributed by atoms with E-state index >= 15 is 0 Å². The highest BCUT2D eigenvalue weighted by Crippen LogP contribution is 2.37. The second-order valence-corrected chi connectivity index (χ2v) is 6.53. The summed E-state index contributed by atoms with van der Waals surface area (Å²) in [5.41, 5.74) is 1.70. The van der Waals surface area contributed by atoms with Gasteiger partial charge in [-0.05, 0) is 25.1 Å². The molecule has 7 heteroatoms. The van der Waals surface area contributed by atoms with Crippen molar-refractivity contribution in [3.8, 4) is 11.4 Å². The van der Waals surface area contributed by atoms with E-state index in [1.54, 1.807) is 35.7 Å². The van der Waals surface area contributed by atoms with Gasteiger partial charge >= 0.3 is 5.97 Å². The lowest BCUT2D eigenvalue weighted by molar-refractivity contribution is 0.0465. The molecule has 0 saturated carbocycles. The first-order chi connectivity index (χ1) is 12.1. The fourth-order valence-corrected chi connectivity index (χ4v) is 3.59. The van der Waals surface area contributed by atoms with Crippen LogP contribution >= 0.6 is 11.3 Å². The summed E-state index contributed by atoms with van der Waals surface area (Å²) in [6, 6.07) is 7.20. The van der Waals surface area contributed by atoms with Crippen molar-refractivity contribution in [3.63, 3.8) is 0 Å². The number of hydrogen-bond donors (Lipinski definition) is 0. The molecule has 0 saturated heterocycles. The van der Waals surface area contributed by atoms with Crippen molar-refractivity contribution in [1.82, 2.24) is 4.57 Å². The first-order valence-electron chi connectivity index (χ1n) is 7.42. The predicted molar refractivity (Wildman–Crippen MR) is 96.0 cm³/mol. The van der Waals surface area contributed by atoms with Gasteiger partial charge in [-0.25, -0.2) is 9.64 Å². The second-order valence-electron chi connectivity index (χ2n) is 5.29. The molecule has 0 radical (unpaired) electrons. The quantitative estimate of drug-likeness (QED) is 0.388. The zero-order valence-corrected chi connectivity index (χ0v) is 14.8. The van der Waals surface area contributed by atoms with E-state index in [2.05, 4.69) is 4.85 Å². The average molecular weight is 356 g/mol. The van der Waals surface area contributed by atoms with E-state index < -0.39 is 5.97 Å². The molecular weight excluding hydrogens is 340 g/mol. The Morgan fingerprint density at radius 3 is 2.80 bits per heavy atom. The van der Waals surface area contributed by atoms with Gasteiger partial charge in [-0.15, -0.1) is 11.3 Å². The van der Waals surface area contributed by atoms with Gasteiger partial charge in [0.25, 0.3) is 0 Å². The number of aromatic nitrogens is 1. The Hall–Kier alpha value is -2.82. The van der Waals surface area contributed by atoms with Gasteiger partial charge in [-0.3, -0.25) is 0 Å². The van der Waals surface area contributed by atoms with Crippen LogP contribution in [0.3, 0.4) is 0 Å². The highest BCUT2D eigenvalue weighted by molar-refractivity contribution is 7.18. The van der Waals surface area contributed by atoms with Crippen molar-refractivity contribution in [2.45, 2.75) is 6.92 Å². The smallest absolute Gasteiger partial charge is 0.341 e. The number of aryl methyl sites for hydroxylation is 1. The van der Waals surface area contributed by atoms with E-state index in [9.17, 15) is 4.79 Å². The van der Waals surface area contributed by atoms with Crippen LogP contribution < -0.4 is 4.74 Å². The number of rotatable bonds is 5. The Morgan fingerprint density at radius 2 is 2.12 bits per heavy atom.